The molecule has 3 rings (SSSR count). The van der Waals surface area contributed by atoms with Crippen molar-refractivity contribution in [2.24, 2.45) is 0 Å². The van der Waals surface area contributed by atoms with Gasteiger partial charge in [0, 0.05) is 10.9 Å². The number of rotatable bonds is 4. The quantitative estimate of drug-likeness (QED) is 0.909. The van der Waals surface area contributed by atoms with Gasteiger partial charge in [0.1, 0.15) is 0 Å². The molecule has 1 saturated carbocycles. The van der Waals surface area contributed by atoms with E-state index in [1.165, 1.54) is 0 Å². The summed E-state index contributed by atoms with van der Waals surface area (Å²) in [6.45, 7) is 0.224. The third kappa shape index (κ3) is 2.77. The van der Waals surface area contributed by atoms with E-state index in [9.17, 15) is 4.79 Å². The maximum absolute atomic E-state index is 10.7. The van der Waals surface area contributed by atoms with Crippen molar-refractivity contribution in [3.63, 3.8) is 0 Å². The maximum Gasteiger partial charge on any atom is 0.404 e. The number of nitrogens with one attached hydrogen (secondary N) is 1. The van der Waals surface area contributed by atoms with Crippen LogP contribution in [0.5, 0.6) is 0 Å². The highest BCUT2D eigenvalue weighted by Crippen LogP contribution is 2.39. The predicted octanol–water partition coefficient (Wildman–Crippen LogP) is 3.17. The number of aromatic nitrogens is 2. The lowest BCUT2D eigenvalue weighted by molar-refractivity contribution is 0.193. The van der Waals surface area contributed by atoms with Gasteiger partial charge in [-0.25, -0.2) is 9.48 Å². The molecule has 1 heterocycles. The van der Waals surface area contributed by atoms with Crippen LogP contribution in [0.15, 0.2) is 30.3 Å². The topological polar surface area (TPSA) is 67.2 Å². The van der Waals surface area contributed by atoms with Crippen molar-refractivity contribution in [1.29, 1.82) is 0 Å². The highest BCUT2D eigenvalue weighted by Gasteiger charge is 2.27. The third-order valence-corrected chi connectivity index (χ3v) is 3.51. The molecule has 0 bridgehead atoms. The Morgan fingerprint density at radius 2 is 2.25 bits per heavy atom. The van der Waals surface area contributed by atoms with E-state index in [0.717, 1.165) is 29.9 Å². The second-order valence-electron chi connectivity index (χ2n) is 4.89. The third-order valence-electron chi connectivity index (χ3n) is 3.27. The lowest BCUT2D eigenvalue weighted by Crippen LogP contribution is -2.21. The van der Waals surface area contributed by atoms with Crippen LogP contribution in [0.1, 0.15) is 30.1 Å². The fourth-order valence-electron chi connectivity index (χ4n) is 2.14. The van der Waals surface area contributed by atoms with Crippen LogP contribution in [-0.4, -0.2) is 21.0 Å². The molecular formula is C14H14ClN3O2. The second kappa shape index (κ2) is 5.17. The first kappa shape index (κ1) is 13.0. The Balaban J connectivity index is 1.96. The van der Waals surface area contributed by atoms with Crippen molar-refractivity contribution in [2.45, 2.75) is 25.3 Å². The number of halogens is 1. The lowest BCUT2D eigenvalue weighted by Gasteiger charge is -2.07. The Morgan fingerprint density at radius 1 is 1.45 bits per heavy atom. The van der Waals surface area contributed by atoms with Crippen LogP contribution in [0.2, 0.25) is 5.02 Å². The molecule has 20 heavy (non-hydrogen) atoms. The smallest absolute Gasteiger partial charge is 0.404 e. The van der Waals surface area contributed by atoms with Gasteiger partial charge in [0.25, 0.3) is 0 Å². The molecule has 2 aromatic rings. The Labute approximate surface area is 121 Å². The molecule has 6 heteroatoms. The van der Waals surface area contributed by atoms with Crippen molar-refractivity contribution in [1.82, 2.24) is 15.1 Å². The minimum atomic E-state index is -1.04. The largest absolute Gasteiger partial charge is 0.465 e. The van der Waals surface area contributed by atoms with Gasteiger partial charge < -0.3 is 10.4 Å². The molecule has 5 nitrogen and oxygen atoms in total. The van der Waals surface area contributed by atoms with E-state index >= 15 is 0 Å². The second-order valence-corrected chi connectivity index (χ2v) is 5.32. The van der Waals surface area contributed by atoms with Crippen molar-refractivity contribution in [3.05, 3.63) is 46.7 Å². The summed E-state index contributed by atoms with van der Waals surface area (Å²) in [4.78, 5) is 10.7. The zero-order chi connectivity index (χ0) is 14.1. The number of carboxylic acid groups (broad SMARTS) is 1. The van der Waals surface area contributed by atoms with Crippen LogP contribution in [0.4, 0.5) is 4.79 Å². The Hall–Kier alpha value is -2.01. The summed E-state index contributed by atoms with van der Waals surface area (Å²) in [6.07, 6.45) is 1.26. The van der Waals surface area contributed by atoms with Gasteiger partial charge in [-0.15, -0.1) is 0 Å². The minimum absolute atomic E-state index is 0.224. The molecule has 0 saturated heterocycles. The van der Waals surface area contributed by atoms with Crippen molar-refractivity contribution < 1.29 is 9.90 Å². The molecule has 0 spiro atoms. The van der Waals surface area contributed by atoms with Crippen LogP contribution in [0.3, 0.4) is 0 Å². The Bertz CT molecular complexity index is 650. The SMILES string of the molecule is O=C(O)NCc1cc(C2CC2)nn1-c1cccc(Cl)c1. The maximum atomic E-state index is 10.7. The zero-order valence-corrected chi connectivity index (χ0v) is 11.5. The van der Waals surface area contributed by atoms with Crippen molar-refractivity contribution >= 4 is 17.7 Å². The highest BCUT2D eigenvalue weighted by molar-refractivity contribution is 6.30. The van der Waals surface area contributed by atoms with E-state index in [4.69, 9.17) is 16.7 Å². The molecular weight excluding hydrogens is 278 g/mol. The fraction of sp³-hybridized carbons (Fsp3) is 0.286. The van der Waals surface area contributed by atoms with Crippen LogP contribution in [-0.2, 0) is 6.54 Å². The summed E-state index contributed by atoms with van der Waals surface area (Å²) in [5.41, 5.74) is 2.68. The van der Waals surface area contributed by atoms with E-state index in [2.05, 4.69) is 10.4 Å². The molecule has 1 aromatic heterocycles. The highest BCUT2D eigenvalue weighted by atomic mass is 35.5. The summed E-state index contributed by atoms with van der Waals surface area (Å²) in [6, 6.07) is 9.33. The summed E-state index contributed by atoms with van der Waals surface area (Å²) >= 11 is 6.01. The first-order chi connectivity index (χ1) is 9.63. The Kier molecular flexibility index (Phi) is 3.36. The molecule has 1 fully saturated rings. The lowest BCUT2D eigenvalue weighted by atomic mass is 10.2. The number of amides is 1. The van der Waals surface area contributed by atoms with E-state index in [1.807, 2.05) is 24.3 Å². The summed E-state index contributed by atoms with van der Waals surface area (Å²) < 4.78 is 1.76. The molecule has 0 radical (unpaired) electrons. The number of hydrogen-bond acceptors (Lipinski definition) is 2. The van der Waals surface area contributed by atoms with Gasteiger partial charge in [-0.1, -0.05) is 17.7 Å². The predicted molar refractivity (Wildman–Crippen MR) is 75.4 cm³/mol. The van der Waals surface area contributed by atoms with E-state index in [1.54, 1.807) is 10.7 Å². The molecule has 0 atom stereocenters. The van der Waals surface area contributed by atoms with Crippen LogP contribution in [0, 0.1) is 0 Å². The van der Waals surface area contributed by atoms with Gasteiger partial charge in [0.2, 0.25) is 0 Å². The van der Waals surface area contributed by atoms with Crippen molar-refractivity contribution in [3.8, 4) is 5.69 Å². The summed E-state index contributed by atoms with van der Waals surface area (Å²) in [7, 11) is 0. The van der Waals surface area contributed by atoms with Crippen LogP contribution < -0.4 is 5.32 Å². The van der Waals surface area contributed by atoms with E-state index < -0.39 is 6.09 Å². The number of hydrogen-bond donors (Lipinski definition) is 2. The molecule has 0 unspecified atom stereocenters. The molecule has 104 valence electrons. The van der Waals surface area contributed by atoms with Gasteiger partial charge in [0.05, 0.1) is 23.6 Å². The van der Waals surface area contributed by atoms with Gasteiger partial charge in [-0.3, -0.25) is 0 Å². The first-order valence-electron chi connectivity index (χ1n) is 6.45. The molecule has 0 aliphatic heterocycles. The minimum Gasteiger partial charge on any atom is -0.465 e. The number of benzene rings is 1. The van der Waals surface area contributed by atoms with E-state index in [0.29, 0.717) is 10.9 Å². The van der Waals surface area contributed by atoms with Gasteiger partial charge in [0.15, 0.2) is 0 Å². The average Bonchev–Trinajstić information content (AvgIpc) is 3.17. The Morgan fingerprint density at radius 3 is 2.90 bits per heavy atom. The molecule has 1 aromatic carbocycles. The molecule has 1 amide bonds. The number of nitrogens with zero attached hydrogens (tertiary/aromatic N) is 2. The molecule has 1 aliphatic carbocycles. The number of carbonyl (C=O) groups is 1. The standard InChI is InChI=1S/C14H14ClN3O2/c15-10-2-1-3-11(6-10)18-12(8-16-14(19)20)7-13(17-18)9-4-5-9/h1-3,6-7,9,16H,4-5,8H2,(H,19,20). The first-order valence-corrected chi connectivity index (χ1v) is 6.83. The van der Waals surface area contributed by atoms with Crippen molar-refractivity contribution in [2.75, 3.05) is 0 Å². The van der Waals surface area contributed by atoms with Crippen LogP contribution >= 0.6 is 11.6 Å². The van der Waals surface area contributed by atoms with Gasteiger partial charge in [-0.05, 0) is 37.1 Å². The van der Waals surface area contributed by atoms with E-state index in [-0.39, 0.29) is 6.54 Å². The van der Waals surface area contributed by atoms with Gasteiger partial charge >= 0.3 is 6.09 Å². The van der Waals surface area contributed by atoms with Crippen LogP contribution in [0.25, 0.3) is 5.69 Å². The summed E-state index contributed by atoms with van der Waals surface area (Å²) in [5, 5.41) is 16.3. The summed E-state index contributed by atoms with van der Waals surface area (Å²) in [5.74, 6) is 0.513. The van der Waals surface area contributed by atoms with Gasteiger partial charge in [-0.2, -0.15) is 5.10 Å². The molecule has 1 aliphatic rings. The normalized spacial score (nSPS) is 14.2. The monoisotopic (exact) mass is 291 g/mol. The zero-order valence-electron chi connectivity index (χ0n) is 10.7. The molecule has 2 N–H and O–H groups in total. The average molecular weight is 292 g/mol. The fourth-order valence-corrected chi connectivity index (χ4v) is 2.33.